The summed E-state index contributed by atoms with van der Waals surface area (Å²) in [6, 6.07) is 12.1. The molecule has 0 bridgehead atoms. The minimum Gasteiger partial charge on any atom is -0.495 e. The maximum atomic E-state index is 12.1. The summed E-state index contributed by atoms with van der Waals surface area (Å²) in [5, 5.41) is 3.43. The highest BCUT2D eigenvalue weighted by Crippen LogP contribution is 2.25. The van der Waals surface area contributed by atoms with Crippen molar-refractivity contribution in [3.63, 3.8) is 0 Å². The van der Waals surface area contributed by atoms with Crippen LogP contribution in [0.4, 0.5) is 0 Å². The molecule has 2 rings (SSSR count). The molecule has 1 amide bonds. The number of carbonyl (C=O) groups is 1. The van der Waals surface area contributed by atoms with Crippen LogP contribution in [-0.4, -0.2) is 35.0 Å². The van der Waals surface area contributed by atoms with Gasteiger partial charge in [0, 0.05) is 17.6 Å². The van der Waals surface area contributed by atoms with Crippen LogP contribution in [0.1, 0.15) is 11.1 Å². The van der Waals surface area contributed by atoms with Gasteiger partial charge < -0.3 is 10.1 Å². The normalized spacial score (nSPS) is 11.5. The standard InChI is InChI=1S/C19H21ClN2O4S/c1-21-27(24,25)18-13-15(6-8-17(18)26-2)7-9-19(23)22-11-10-14-4-3-5-16(20)12-14/h3-9,12-13,21H,10-11H2,1-2H3,(H,22,23)/b9-7+. The number of methoxy groups -OCH3 is 1. The first-order valence-corrected chi connectivity index (χ1v) is 10.0. The van der Waals surface area contributed by atoms with Crippen LogP contribution in [0.2, 0.25) is 5.02 Å². The summed E-state index contributed by atoms with van der Waals surface area (Å²) in [5.74, 6) is -0.0432. The highest BCUT2D eigenvalue weighted by Gasteiger charge is 2.17. The van der Waals surface area contributed by atoms with Crippen LogP contribution in [0.25, 0.3) is 6.08 Å². The molecule has 0 heterocycles. The molecule has 2 aromatic rings. The van der Waals surface area contributed by atoms with E-state index in [4.69, 9.17) is 16.3 Å². The second-order valence-corrected chi connectivity index (χ2v) is 7.91. The topological polar surface area (TPSA) is 84.5 Å². The Morgan fingerprint density at radius 3 is 2.67 bits per heavy atom. The molecule has 0 atom stereocenters. The van der Waals surface area contributed by atoms with Gasteiger partial charge in [-0.2, -0.15) is 0 Å². The molecule has 8 heteroatoms. The average molecular weight is 409 g/mol. The van der Waals surface area contributed by atoms with Crippen molar-refractivity contribution in [1.29, 1.82) is 0 Å². The first-order valence-electron chi connectivity index (χ1n) is 8.17. The van der Waals surface area contributed by atoms with Crippen molar-refractivity contribution in [3.05, 3.63) is 64.7 Å². The molecule has 0 saturated heterocycles. The molecule has 0 spiro atoms. The van der Waals surface area contributed by atoms with Gasteiger partial charge in [0.2, 0.25) is 15.9 Å². The van der Waals surface area contributed by atoms with Crippen LogP contribution in [0.5, 0.6) is 5.75 Å². The molecular weight excluding hydrogens is 388 g/mol. The van der Waals surface area contributed by atoms with E-state index in [9.17, 15) is 13.2 Å². The number of sulfonamides is 1. The molecule has 0 radical (unpaired) electrons. The molecule has 27 heavy (non-hydrogen) atoms. The number of amides is 1. The van der Waals surface area contributed by atoms with Crippen LogP contribution < -0.4 is 14.8 Å². The number of rotatable bonds is 8. The smallest absolute Gasteiger partial charge is 0.244 e. The van der Waals surface area contributed by atoms with E-state index in [0.717, 1.165) is 5.56 Å². The van der Waals surface area contributed by atoms with Gasteiger partial charge in [0.05, 0.1) is 7.11 Å². The zero-order chi connectivity index (χ0) is 19.9. The molecule has 144 valence electrons. The SMILES string of the molecule is CNS(=O)(=O)c1cc(/C=C/C(=O)NCCc2cccc(Cl)c2)ccc1OC. The summed E-state index contributed by atoms with van der Waals surface area (Å²) in [4.78, 5) is 12.0. The zero-order valence-electron chi connectivity index (χ0n) is 15.0. The van der Waals surface area contributed by atoms with Crippen LogP contribution in [0.15, 0.2) is 53.4 Å². The molecule has 0 aliphatic rings. The van der Waals surface area contributed by atoms with Gasteiger partial charge in [0.15, 0.2) is 0 Å². The van der Waals surface area contributed by atoms with Gasteiger partial charge >= 0.3 is 0 Å². The maximum absolute atomic E-state index is 12.1. The second-order valence-electron chi connectivity index (χ2n) is 5.62. The fraction of sp³-hybridized carbons (Fsp3) is 0.211. The Morgan fingerprint density at radius 2 is 2.00 bits per heavy atom. The lowest BCUT2D eigenvalue weighted by Crippen LogP contribution is -2.23. The van der Waals surface area contributed by atoms with E-state index < -0.39 is 10.0 Å². The van der Waals surface area contributed by atoms with E-state index in [1.807, 2.05) is 18.2 Å². The van der Waals surface area contributed by atoms with Gasteiger partial charge in [0.1, 0.15) is 10.6 Å². The van der Waals surface area contributed by atoms with Gasteiger partial charge in [-0.25, -0.2) is 13.1 Å². The highest BCUT2D eigenvalue weighted by molar-refractivity contribution is 7.89. The summed E-state index contributed by atoms with van der Waals surface area (Å²) >= 11 is 5.93. The Morgan fingerprint density at radius 1 is 1.22 bits per heavy atom. The Hall–Kier alpha value is -2.35. The first kappa shape index (κ1) is 21.0. The molecular formula is C19H21ClN2O4S. The number of carbonyl (C=O) groups excluding carboxylic acids is 1. The fourth-order valence-corrected chi connectivity index (χ4v) is 3.51. The number of benzene rings is 2. The molecule has 0 aromatic heterocycles. The number of ether oxygens (including phenoxy) is 1. The van der Waals surface area contributed by atoms with E-state index in [0.29, 0.717) is 23.6 Å². The average Bonchev–Trinajstić information content (AvgIpc) is 2.66. The lowest BCUT2D eigenvalue weighted by atomic mass is 10.1. The largest absolute Gasteiger partial charge is 0.495 e. The van der Waals surface area contributed by atoms with Crippen LogP contribution in [0, 0.1) is 0 Å². The molecule has 0 aliphatic heterocycles. The Labute approximate surface area is 164 Å². The molecule has 0 fully saturated rings. The van der Waals surface area contributed by atoms with Crippen molar-refractivity contribution in [1.82, 2.24) is 10.0 Å². The Balaban J connectivity index is 2.00. The van der Waals surface area contributed by atoms with Gasteiger partial charge in [-0.15, -0.1) is 0 Å². The highest BCUT2D eigenvalue weighted by atomic mass is 35.5. The van der Waals surface area contributed by atoms with Gasteiger partial charge in [-0.1, -0.05) is 29.8 Å². The van der Waals surface area contributed by atoms with Crippen molar-refractivity contribution >= 4 is 33.6 Å². The third-order valence-corrected chi connectivity index (χ3v) is 5.45. The summed E-state index contributed by atoms with van der Waals surface area (Å²) in [5.41, 5.74) is 1.60. The van der Waals surface area contributed by atoms with Gasteiger partial charge in [0.25, 0.3) is 0 Å². The number of halogens is 1. The van der Waals surface area contributed by atoms with E-state index in [-0.39, 0.29) is 16.6 Å². The first-order chi connectivity index (χ1) is 12.9. The predicted octanol–water partition coefficient (Wildman–Crippen LogP) is 2.63. The van der Waals surface area contributed by atoms with Crippen molar-refractivity contribution < 1.29 is 17.9 Å². The van der Waals surface area contributed by atoms with Crippen LogP contribution in [0.3, 0.4) is 0 Å². The van der Waals surface area contributed by atoms with E-state index in [2.05, 4.69) is 10.0 Å². The summed E-state index contributed by atoms with van der Waals surface area (Å²) < 4.78 is 31.5. The maximum Gasteiger partial charge on any atom is 0.244 e. The van der Waals surface area contributed by atoms with Crippen LogP contribution >= 0.6 is 11.6 Å². The summed E-state index contributed by atoms with van der Waals surface area (Å²) in [7, 11) is -0.951. The number of hydrogen-bond acceptors (Lipinski definition) is 4. The monoisotopic (exact) mass is 408 g/mol. The van der Waals surface area contributed by atoms with Crippen LogP contribution in [-0.2, 0) is 21.2 Å². The van der Waals surface area contributed by atoms with Crippen molar-refractivity contribution in [2.24, 2.45) is 0 Å². The van der Waals surface area contributed by atoms with E-state index in [1.54, 1.807) is 24.3 Å². The van der Waals surface area contributed by atoms with Gasteiger partial charge in [-0.05, 0) is 54.9 Å². The minimum atomic E-state index is -3.67. The van der Waals surface area contributed by atoms with E-state index in [1.165, 1.54) is 26.3 Å². The molecule has 2 aromatic carbocycles. The minimum absolute atomic E-state index is 0.0102. The molecule has 0 aliphatic carbocycles. The quantitative estimate of drug-likeness (QED) is 0.657. The molecule has 0 unspecified atom stereocenters. The lowest BCUT2D eigenvalue weighted by Gasteiger charge is -2.09. The van der Waals surface area contributed by atoms with Crippen molar-refractivity contribution in [3.8, 4) is 5.75 Å². The molecule has 2 N–H and O–H groups in total. The fourth-order valence-electron chi connectivity index (χ4n) is 2.37. The summed E-state index contributed by atoms with van der Waals surface area (Å²) in [6.45, 7) is 0.464. The Kier molecular flexibility index (Phi) is 7.41. The number of nitrogens with one attached hydrogen (secondary N) is 2. The molecule has 0 saturated carbocycles. The Bertz CT molecular complexity index is 942. The lowest BCUT2D eigenvalue weighted by molar-refractivity contribution is -0.116. The molecule has 6 nitrogen and oxygen atoms in total. The zero-order valence-corrected chi connectivity index (χ0v) is 16.6. The van der Waals surface area contributed by atoms with Crippen molar-refractivity contribution in [2.75, 3.05) is 20.7 Å². The van der Waals surface area contributed by atoms with Gasteiger partial charge in [-0.3, -0.25) is 4.79 Å². The number of hydrogen-bond donors (Lipinski definition) is 2. The summed E-state index contributed by atoms with van der Waals surface area (Å²) in [6.07, 6.45) is 3.56. The van der Waals surface area contributed by atoms with Crippen molar-refractivity contribution in [2.45, 2.75) is 11.3 Å². The van der Waals surface area contributed by atoms with E-state index >= 15 is 0 Å². The second kappa shape index (κ2) is 9.55. The third-order valence-electron chi connectivity index (χ3n) is 3.78. The predicted molar refractivity (Wildman–Crippen MR) is 106 cm³/mol. The third kappa shape index (κ3) is 6.09.